The molecule has 14 heavy (non-hydrogen) atoms. The Kier molecular flexibility index (Phi) is 6.50. The molecule has 1 unspecified atom stereocenters. The Balaban J connectivity index is 4.27. The van der Waals surface area contributed by atoms with Crippen LogP contribution in [0.1, 0.15) is 39.0 Å². The van der Waals surface area contributed by atoms with Crippen molar-refractivity contribution in [3.63, 3.8) is 0 Å². The summed E-state index contributed by atoms with van der Waals surface area (Å²) in [4.78, 5) is 0. The Bertz CT molecular complexity index is 173. The van der Waals surface area contributed by atoms with Gasteiger partial charge in [-0.2, -0.15) is 0 Å². The molecule has 0 aliphatic carbocycles. The lowest BCUT2D eigenvalue weighted by molar-refractivity contribution is 0.260. The van der Waals surface area contributed by atoms with Gasteiger partial charge in [0.25, 0.3) is 0 Å². The molecule has 82 valence electrons. The quantitative estimate of drug-likeness (QED) is 0.463. The third-order valence-corrected chi connectivity index (χ3v) is 2.62. The van der Waals surface area contributed by atoms with Crippen molar-refractivity contribution in [3.05, 3.63) is 25.3 Å². The Hall–Kier alpha value is -0.600. The van der Waals surface area contributed by atoms with Crippen LogP contribution in [-0.4, -0.2) is 5.66 Å². The summed E-state index contributed by atoms with van der Waals surface area (Å²) >= 11 is 0. The lowest BCUT2D eigenvalue weighted by Crippen LogP contribution is -2.55. The van der Waals surface area contributed by atoms with Gasteiger partial charge in [0.15, 0.2) is 0 Å². The van der Waals surface area contributed by atoms with Crippen LogP contribution in [0.4, 0.5) is 0 Å². The highest BCUT2D eigenvalue weighted by molar-refractivity contribution is 4.94. The van der Waals surface area contributed by atoms with E-state index in [1.165, 1.54) is 12.8 Å². The zero-order valence-corrected chi connectivity index (χ0v) is 9.34. The first-order valence-electron chi connectivity index (χ1n) is 5.38. The summed E-state index contributed by atoms with van der Waals surface area (Å²) in [5.74, 6) is 0.318. The first-order valence-corrected chi connectivity index (χ1v) is 5.38. The van der Waals surface area contributed by atoms with E-state index < -0.39 is 5.66 Å². The molecule has 0 aliphatic heterocycles. The second kappa shape index (κ2) is 6.80. The molecule has 0 spiro atoms. The van der Waals surface area contributed by atoms with Crippen LogP contribution in [0.5, 0.6) is 0 Å². The number of hydrogen-bond acceptors (Lipinski definition) is 2. The smallest absolute Gasteiger partial charge is 0.0703 e. The van der Waals surface area contributed by atoms with E-state index in [0.29, 0.717) is 12.3 Å². The summed E-state index contributed by atoms with van der Waals surface area (Å²) in [6.07, 6.45) is 8.67. The second-order valence-corrected chi connectivity index (χ2v) is 3.97. The van der Waals surface area contributed by atoms with Crippen molar-refractivity contribution >= 4 is 0 Å². The van der Waals surface area contributed by atoms with Crippen LogP contribution < -0.4 is 11.5 Å². The minimum Gasteiger partial charge on any atom is -0.313 e. The maximum absolute atomic E-state index is 6.06. The van der Waals surface area contributed by atoms with Gasteiger partial charge in [-0.1, -0.05) is 31.9 Å². The molecule has 4 N–H and O–H groups in total. The summed E-state index contributed by atoms with van der Waals surface area (Å²) in [5.41, 5.74) is 11.5. The fraction of sp³-hybridized carbons (Fsp3) is 0.667. The van der Waals surface area contributed by atoms with E-state index in [4.69, 9.17) is 11.5 Å². The maximum atomic E-state index is 6.06. The number of rotatable bonds is 8. The van der Waals surface area contributed by atoms with Gasteiger partial charge >= 0.3 is 0 Å². The van der Waals surface area contributed by atoms with Crippen molar-refractivity contribution in [2.75, 3.05) is 0 Å². The molecular weight excluding hydrogens is 172 g/mol. The third-order valence-electron chi connectivity index (χ3n) is 2.62. The summed E-state index contributed by atoms with van der Waals surface area (Å²) < 4.78 is 0. The molecule has 0 radical (unpaired) electrons. The van der Waals surface area contributed by atoms with Crippen molar-refractivity contribution in [2.45, 2.75) is 44.7 Å². The Morgan fingerprint density at radius 3 is 2.36 bits per heavy atom. The third kappa shape index (κ3) is 4.58. The SMILES string of the molecule is C=CCC(CCCC)C(N)(N)CC=C. The minimum absolute atomic E-state index is 0.318. The molecular formula is C12H24N2. The Morgan fingerprint density at radius 2 is 1.93 bits per heavy atom. The number of allylic oxidation sites excluding steroid dienone is 1. The van der Waals surface area contributed by atoms with Crippen molar-refractivity contribution in [1.82, 2.24) is 0 Å². The van der Waals surface area contributed by atoms with Crippen LogP contribution in [0, 0.1) is 5.92 Å². The minimum atomic E-state index is -0.620. The van der Waals surface area contributed by atoms with Gasteiger partial charge in [-0.15, -0.1) is 13.2 Å². The van der Waals surface area contributed by atoms with Crippen molar-refractivity contribution in [3.8, 4) is 0 Å². The van der Waals surface area contributed by atoms with Crippen molar-refractivity contribution in [2.24, 2.45) is 17.4 Å². The Labute approximate surface area is 88.1 Å². The number of hydrogen-bond donors (Lipinski definition) is 2. The molecule has 0 saturated heterocycles. The normalized spacial score (nSPS) is 13.6. The van der Waals surface area contributed by atoms with E-state index in [9.17, 15) is 0 Å². The van der Waals surface area contributed by atoms with Crippen molar-refractivity contribution in [1.29, 1.82) is 0 Å². The highest BCUT2D eigenvalue weighted by atomic mass is 15.0. The molecule has 0 bridgehead atoms. The van der Waals surface area contributed by atoms with Gasteiger partial charge < -0.3 is 11.5 Å². The van der Waals surface area contributed by atoms with E-state index >= 15 is 0 Å². The lowest BCUT2D eigenvalue weighted by Gasteiger charge is -2.32. The lowest BCUT2D eigenvalue weighted by atomic mass is 9.84. The molecule has 0 rings (SSSR count). The summed E-state index contributed by atoms with van der Waals surface area (Å²) in [6, 6.07) is 0. The average Bonchev–Trinajstić information content (AvgIpc) is 2.11. The van der Waals surface area contributed by atoms with Gasteiger partial charge in [-0.25, -0.2) is 0 Å². The van der Waals surface area contributed by atoms with E-state index in [0.717, 1.165) is 12.8 Å². The predicted molar refractivity (Wildman–Crippen MR) is 63.7 cm³/mol. The maximum Gasteiger partial charge on any atom is 0.0703 e. The van der Waals surface area contributed by atoms with Crippen LogP contribution >= 0.6 is 0 Å². The van der Waals surface area contributed by atoms with Crippen LogP contribution in [0.2, 0.25) is 0 Å². The summed E-state index contributed by atoms with van der Waals surface area (Å²) in [7, 11) is 0. The largest absolute Gasteiger partial charge is 0.313 e. The highest BCUT2D eigenvalue weighted by Gasteiger charge is 2.27. The van der Waals surface area contributed by atoms with Gasteiger partial charge in [0.1, 0.15) is 0 Å². The standard InChI is InChI=1S/C12H24N2/c1-4-7-9-11(8-5-2)12(13,14)10-6-3/h5-6,11H,2-4,7-10,13-14H2,1H3. The zero-order chi connectivity index (χ0) is 11.0. The predicted octanol–water partition coefficient (Wildman–Crippen LogP) is 2.56. The molecule has 2 heteroatoms. The zero-order valence-electron chi connectivity index (χ0n) is 9.34. The fourth-order valence-corrected chi connectivity index (χ4v) is 1.67. The molecule has 0 aromatic heterocycles. The monoisotopic (exact) mass is 196 g/mol. The molecule has 0 saturated carbocycles. The summed E-state index contributed by atoms with van der Waals surface area (Å²) in [5, 5.41) is 0. The van der Waals surface area contributed by atoms with Gasteiger partial charge in [0, 0.05) is 0 Å². The number of nitrogens with two attached hydrogens (primary N) is 2. The topological polar surface area (TPSA) is 52.0 Å². The first-order chi connectivity index (χ1) is 6.58. The van der Waals surface area contributed by atoms with Crippen LogP contribution in [0.25, 0.3) is 0 Å². The van der Waals surface area contributed by atoms with E-state index in [1.54, 1.807) is 6.08 Å². The van der Waals surface area contributed by atoms with Gasteiger partial charge in [0.05, 0.1) is 5.66 Å². The van der Waals surface area contributed by atoms with Crippen LogP contribution in [0.15, 0.2) is 25.3 Å². The van der Waals surface area contributed by atoms with E-state index in [1.807, 2.05) is 6.08 Å². The molecule has 0 aromatic carbocycles. The van der Waals surface area contributed by atoms with E-state index in [-0.39, 0.29) is 0 Å². The molecule has 0 aliphatic rings. The average molecular weight is 196 g/mol. The molecule has 0 amide bonds. The van der Waals surface area contributed by atoms with Gasteiger partial charge in [-0.3, -0.25) is 0 Å². The van der Waals surface area contributed by atoms with Gasteiger partial charge in [0.2, 0.25) is 0 Å². The molecule has 0 fully saturated rings. The molecule has 1 atom stereocenters. The molecule has 2 nitrogen and oxygen atoms in total. The van der Waals surface area contributed by atoms with Crippen molar-refractivity contribution < 1.29 is 0 Å². The first kappa shape index (κ1) is 13.4. The molecule has 0 aromatic rings. The molecule has 0 heterocycles. The van der Waals surface area contributed by atoms with Gasteiger partial charge in [-0.05, 0) is 25.2 Å². The fourth-order valence-electron chi connectivity index (χ4n) is 1.67. The number of unbranched alkanes of at least 4 members (excludes halogenated alkanes) is 1. The summed E-state index contributed by atoms with van der Waals surface area (Å²) in [6.45, 7) is 9.60. The van der Waals surface area contributed by atoms with E-state index in [2.05, 4.69) is 20.1 Å². The highest BCUT2D eigenvalue weighted by Crippen LogP contribution is 2.23. The second-order valence-electron chi connectivity index (χ2n) is 3.97. The van der Waals surface area contributed by atoms with Crippen LogP contribution in [0.3, 0.4) is 0 Å². The Morgan fingerprint density at radius 1 is 1.29 bits per heavy atom. The van der Waals surface area contributed by atoms with Crippen LogP contribution in [-0.2, 0) is 0 Å².